The third kappa shape index (κ3) is 2.17. The molecule has 1 unspecified atom stereocenters. The zero-order valence-corrected chi connectivity index (χ0v) is 7.19. The number of aryl methyl sites for hydroxylation is 1. The van der Waals surface area contributed by atoms with E-state index in [1.165, 1.54) is 10.7 Å². The van der Waals surface area contributed by atoms with Crippen LogP contribution < -0.4 is 5.56 Å². The van der Waals surface area contributed by atoms with Crippen LogP contribution in [0, 0.1) is 6.92 Å². The molecule has 1 N–H and O–H groups in total. The average Bonchev–Trinajstić information content (AvgIpc) is 1.96. The number of aliphatic hydroxyl groups is 1. The summed E-state index contributed by atoms with van der Waals surface area (Å²) in [6.45, 7) is 3.68. The molecular formula is C8H12N2O2. The molecule has 0 bridgehead atoms. The van der Waals surface area contributed by atoms with E-state index in [9.17, 15) is 4.79 Å². The maximum atomic E-state index is 11.1. The standard InChI is InChI=1S/C8H12N2O2/c1-6-3-4-8(12)10(9-6)5-7(2)11/h3-4,7,11H,5H2,1-2H3. The Labute approximate surface area is 70.5 Å². The summed E-state index contributed by atoms with van der Waals surface area (Å²) in [7, 11) is 0. The predicted molar refractivity (Wildman–Crippen MR) is 44.9 cm³/mol. The van der Waals surface area contributed by atoms with E-state index < -0.39 is 6.10 Å². The quantitative estimate of drug-likeness (QED) is 0.672. The number of rotatable bonds is 2. The molecule has 0 aliphatic carbocycles. The molecule has 0 aliphatic rings. The minimum atomic E-state index is -0.544. The van der Waals surface area contributed by atoms with Gasteiger partial charge in [0.05, 0.1) is 18.3 Å². The first-order chi connectivity index (χ1) is 5.59. The lowest BCUT2D eigenvalue weighted by atomic mass is 10.4. The molecule has 0 aliphatic heterocycles. The number of nitrogens with zero attached hydrogens (tertiary/aromatic N) is 2. The van der Waals surface area contributed by atoms with Crippen LogP contribution in [-0.2, 0) is 6.54 Å². The van der Waals surface area contributed by atoms with Gasteiger partial charge in [-0.2, -0.15) is 5.10 Å². The molecule has 1 atom stereocenters. The zero-order valence-electron chi connectivity index (χ0n) is 7.19. The lowest BCUT2D eigenvalue weighted by molar-refractivity contribution is 0.166. The molecule has 4 heteroatoms. The van der Waals surface area contributed by atoms with Crippen molar-refractivity contribution in [1.82, 2.24) is 9.78 Å². The van der Waals surface area contributed by atoms with Crippen LogP contribution >= 0.6 is 0 Å². The second-order valence-electron chi connectivity index (χ2n) is 2.84. The van der Waals surface area contributed by atoms with Crippen molar-refractivity contribution in [2.45, 2.75) is 26.5 Å². The van der Waals surface area contributed by atoms with Crippen molar-refractivity contribution in [1.29, 1.82) is 0 Å². The van der Waals surface area contributed by atoms with Crippen LogP contribution in [0.5, 0.6) is 0 Å². The van der Waals surface area contributed by atoms with Gasteiger partial charge in [-0.15, -0.1) is 0 Å². The van der Waals surface area contributed by atoms with Crippen LogP contribution in [-0.4, -0.2) is 21.0 Å². The van der Waals surface area contributed by atoms with E-state index in [0.717, 1.165) is 5.69 Å². The summed E-state index contributed by atoms with van der Waals surface area (Å²) in [4.78, 5) is 11.1. The monoisotopic (exact) mass is 168 g/mol. The van der Waals surface area contributed by atoms with Gasteiger partial charge in [-0.05, 0) is 19.9 Å². The normalized spacial score (nSPS) is 12.9. The molecule has 66 valence electrons. The largest absolute Gasteiger partial charge is 0.391 e. The van der Waals surface area contributed by atoms with Crippen molar-refractivity contribution in [2.24, 2.45) is 0 Å². The van der Waals surface area contributed by atoms with E-state index in [0.29, 0.717) is 0 Å². The summed E-state index contributed by atoms with van der Waals surface area (Å²) < 4.78 is 1.26. The van der Waals surface area contributed by atoms with Crippen molar-refractivity contribution in [3.05, 3.63) is 28.2 Å². The fourth-order valence-corrected chi connectivity index (χ4v) is 0.932. The van der Waals surface area contributed by atoms with Gasteiger partial charge in [0.15, 0.2) is 0 Å². The van der Waals surface area contributed by atoms with Crippen LogP contribution in [0.2, 0.25) is 0 Å². The van der Waals surface area contributed by atoms with Crippen molar-refractivity contribution in [3.63, 3.8) is 0 Å². The minimum Gasteiger partial charge on any atom is -0.391 e. The molecule has 0 aromatic carbocycles. The number of hydrogen-bond donors (Lipinski definition) is 1. The number of aromatic nitrogens is 2. The Morgan fingerprint density at radius 3 is 2.92 bits per heavy atom. The Morgan fingerprint density at radius 1 is 1.67 bits per heavy atom. The van der Waals surface area contributed by atoms with Gasteiger partial charge in [0, 0.05) is 6.07 Å². The molecule has 0 spiro atoms. The average molecular weight is 168 g/mol. The molecule has 4 nitrogen and oxygen atoms in total. The third-order valence-corrected chi connectivity index (χ3v) is 1.44. The topological polar surface area (TPSA) is 55.1 Å². The molecule has 0 fully saturated rings. The van der Waals surface area contributed by atoms with Gasteiger partial charge < -0.3 is 5.11 Å². The summed E-state index contributed by atoms with van der Waals surface area (Å²) >= 11 is 0. The highest BCUT2D eigenvalue weighted by atomic mass is 16.3. The van der Waals surface area contributed by atoms with Gasteiger partial charge in [0.2, 0.25) is 0 Å². The molecular weight excluding hydrogens is 156 g/mol. The van der Waals surface area contributed by atoms with E-state index >= 15 is 0 Å². The van der Waals surface area contributed by atoms with Crippen molar-refractivity contribution in [3.8, 4) is 0 Å². The first-order valence-corrected chi connectivity index (χ1v) is 3.82. The number of aliphatic hydroxyl groups excluding tert-OH is 1. The molecule has 0 radical (unpaired) electrons. The Kier molecular flexibility index (Phi) is 2.60. The molecule has 1 rings (SSSR count). The maximum Gasteiger partial charge on any atom is 0.266 e. The van der Waals surface area contributed by atoms with Gasteiger partial charge in [0.25, 0.3) is 5.56 Å². The highest BCUT2D eigenvalue weighted by molar-refractivity contribution is 4.97. The first-order valence-electron chi connectivity index (χ1n) is 3.82. The van der Waals surface area contributed by atoms with Crippen molar-refractivity contribution >= 4 is 0 Å². The predicted octanol–water partition coefficient (Wildman–Crippen LogP) is -0.0675. The van der Waals surface area contributed by atoms with E-state index in [1.54, 1.807) is 19.9 Å². The Balaban J connectivity index is 2.98. The van der Waals surface area contributed by atoms with Crippen molar-refractivity contribution < 1.29 is 5.11 Å². The van der Waals surface area contributed by atoms with Gasteiger partial charge in [-0.3, -0.25) is 4.79 Å². The lowest BCUT2D eigenvalue weighted by Gasteiger charge is -2.06. The molecule has 0 saturated heterocycles. The van der Waals surface area contributed by atoms with Crippen LogP contribution in [0.4, 0.5) is 0 Å². The summed E-state index contributed by atoms with van der Waals surface area (Å²) in [5.74, 6) is 0. The fourth-order valence-electron chi connectivity index (χ4n) is 0.932. The lowest BCUT2D eigenvalue weighted by Crippen LogP contribution is -2.27. The van der Waals surface area contributed by atoms with Gasteiger partial charge in [-0.25, -0.2) is 4.68 Å². The molecule has 1 heterocycles. The van der Waals surface area contributed by atoms with E-state index in [2.05, 4.69) is 5.10 Å². The second-order valence-corrected chi connectivity index (χ2v) is 2.84. The molecule has 0 saturated carbocycles. The Bertz CT molecular complexity index is 317. The van der Waals surface area contributed by atoms with E-state index in [4.69, 9.17) is 5.11 Å². The Hall–Kier alpha value is -1.16. The number of hydrogen-bond acceptors (Lipinski definition) is 3. The summed E-state index contributed by atoms with van der Waals surface area (Å²) in [5.41, 5.74) is 0.594. The SMILES string of the molecule is Cc1ccc(=O)n(CC(C)O)n1. The van der Waals surface area contributed by atoms with Gasteiger partial charge in [0.1, 0.15) is 0 Å². The van der Waals surface area contributed by atoms with Crippen molar-refractivity contribution in [2.75, 3.05) is 0 Å². The highest BCUT2D eigenvalue weighted by Crippen LogP contribution is 1.88. The van der Waals surface area contributed by atoms with Crippen LogP contribution in [0.25, 0.3) is 0 Å². The van der Waals surface area contributed by atoms with Crippen LogP contribution in [0.1, 0.15) is 12.6 Å². The fraction of sp³-hybridized carbons (Fsp3) is 0.500. The summed E-state index contributed by atoms with van der Waals surface area (Å²) in [5, 5.41) is 13.0. The Morgan fingerprint density at radius 2 is 2.33 bits per heavy atom. The highest BCUT2D eigenvalue weighted by Gasteiger charge is 2.00. The molecule has 0 amide bonds. The van der Waals surface area contributed by atoms with E-state index in [1.807, 2.05) is 0 Å². The van der Waals surface area contributed by atoms with Gasteiger partial charge >= 0.3 is 0 Å². The minimum absolute atomic E-state index is 0.179. The first kappa shape index (κ1) is 8.93. The smallest absolute Gasteiger partial charge is 0.266 e. The summed E-state index contributed by atoms with van der Waals surface area (Å²) in [6, 6.07) is 3.10. The maximum absolute atomic E-state index is 11.1. The van der Waals surface area contributed by atoms with Gasteiger partial charge in [-0.1, -0.05) is 0 Å². The molecule has 12 heavy (non-hydrogen) atoms. The van der Waals surface area contributed by atoms with Crippen LogP contribution in [0.3, 0.4) is 0 Å². The third-order valence-electron chi connectivity index (χ3n) is 1.44. The zero-order chi connectivity index (χ0) is 9.14. The molecule has 1 aromatic rings. The van der Waals surface area contributed by atoms with Crippen LogP contribution in [0.15, 0.2) is 16.9 Å². The molecule has 1 aromatic heterocycles. The van der Waals surface area contributed by atoms with E-state index in [-0.39, 0.29) is 12.1 Å². The second kappa shape index (κ2) is 3.49. The summed E-state index contributed by atoms with van der Waals surface area (Å²) in [6.07, 6.45) is -0.544.